The maximum absolute atomic E-state index is 10.1. The average molecular weight is 223 g/mol. The Hall–Kier alpha value is -1.06. The van der Waals surface area contributed by atoms with E-state index in [1.165, 1.54) is 5.56 Å². The molecule has 0 aliphatic carbocycles. The second-order valence-corrected chi connectivity index (χ2v) is 5.09. The number of benzene rings is 1. The van der Waals surface area contributed by atoms with E-state index in [-0.39, 0.29) is 17.7 Å². The molecular formula is C13H21NO2. The Morgan fingerprint density at radius 2 is 1.88 bits per heavy atom. The fourth-order valence-corrected chi connectivity index (χ4v) is 1.76. The number of rotatable bonds is 3. The number of hydrogen-bond donors (Lipinski definition) is 3. The Labute approximate surface area is 97.1 Å². The lowest BCUT2D eigenvalue weighted by molar-refractivity contribution is 0.160. The highest BCUT2D eigenvalue weighted by Gasteiger charge is 2.20. The number of phenolic OH excluding ortho intramolecular Hbond substituents is 1. The standard InChI is InChI=1S/C13H21NO2/c1-5-9-6-10(8-14-16)12(15)11(7-9)13(2,3)4/h6-7,14-16H,5,8H2,1-4H3. The molecule has 0 aliphatic heterocycles. The Morgan fingerprint density at radius 3 is 2.31 bits per heavy atom. The first-order chi connectivity index (χ1) is 7.40. The molecule has 1 rings (SSSR count). The Balaban J connectivity index is 3.31. The van der Waals surface area contributed by atoms with Gasteiger partial charge in [0.25, 0.3) is 0 Å². The first kappa shape index (κ1) is 13.0. The zero-order valence-electron chi connectivity index (χ0n) is 10.5. The van der Waals surface area contributed by atoms with Crippen molar-refractivity contribution in [2.24, 2.45) is 0 Å². The molecule has 0 saturated heterocycles. The van der Waals surface area contributed by atoms with Crippen LogP contribution in [0.2, 0.25) is 0 Å². The quantitative estimate of drug-likeness (QED) is 0.691. The summed E-state index contributed by atoms with van der Waals surface area (Å²) in [5.74, 6) is 0.284. The fraction of sp³-hybridized carbons (Fsp3) is 0.538. The van der Waals surface area contributed by atoms with Crippen LogP contribution >= 0.6 is 0 Å². The predicted molar refractivity (Wildman–Crippen MR) is 64.8 cm³/mol. The molecule has 3 heteroatoms. The van der Waals surface area contributed by atoms with Crippen molar-refractivity contribution in [1.29, 1.82) is 0 Å². The molecule has 1 aromatic rings. The van der Waals surface area contributed by atoms with Crippen molar-refractivity contribution in [1.82, 2.24) is 5.48 Å². The van der Waals surface area contributed by atoms with Crippen LogP contribution < -0.4 is 5.48 Å². The number of hydrogen-bond acceptors (Lipinski definition) is 3. The molecule has 0 heterocycles. The van der Waals surface area contributed by atoms with E-state index in [1.807, 2.05) is 12.1 Å². The highest BCUT2D eigenvalue weighted by molar-refractivity contribution is 5.47. The van der Waals surface area contributed by atoms with Crippen molar-refractivity contribution < 1.29 is 10.3 Å². The molecule has 0 radical (unpaired) electrons. The van der Waals surface area contributed by atoms with E-state index in [1.54, 1.807) is 0 Å². The molecule has 0 aromatic heterocycles. The van der Waals surface area contributed by atoms with E-state index in [4.69, 9.17) is 5.21 Å². The molecule has 90 valence electrons. The molecule has 0 saturated carbocycles. The zero-order valence-corrected chi connectivity index (χ0v) is 10.5. The topological polar surface area (TPSA) is 52.5 Å². The van der Waals surface area contributed by atoms with E-state index in [0.717, 1.165) is 17.5 Å². The number of aromatic hydroxyl groups is 1. The van der Waals surface area contributed by atoms with Crippen LogP contribution in [0.3, 0.4) is 0 Å². The van der Waals surface area contributed by atoms with Gasteiger partial charge in [-0.3, -0.25) is 0 Å². The van der Waals surface area contributed by atoms with Gasteiger partial charge >= 0.3 is 0 Å². The van der Waals surface area contributed by atoms with Crippen LogP contribution in [0, 0.1) is 0 Å². The monoisotopic (exact) mass is 223 g/mol. The molecule has 3 nitrogen and oxygen atoms in total. The summed E-state index contributed by atoms with van der Waals surface area (Å²) in [6, 6.07) is 3.96. The smallest absolute Gasteiger partial charge is 0.123 e. The van der Waals surface area contributed by atoms with Crippen LogP contribution in [0.1, 0.15) is 44.4 Å². The summed E-state index contributed by atoms with van der Waals surface area (Å²) in [6.07, 6.45) is 0.918. The van der Waals surface area contributed by atoms with Gasteiger partial charge in [-0.05, 0) is 23.0 Å². The Morgan fingerprint density at radius 1 is 1.25 bits per heavy atom. The van der Waals surface area contributed by atoms with Crippen molar-refractivity contribution in [3.8, 4) is 5.75 Å². The molecule has 0 bridgehead atoms. The average Bonchev–Trinajstić information content (AvgIpc) is 2.19. The summed E-state index contributed by atoms with van der Waals surface area (Å²) < 4.78 is 0. The van der Waals surface area contributed by atoms with Gasteiger partial charge in [0.05, 0.1) is 0 Å². The minimum Gasteiger partial charge on any atom is -0.507 e. The summed E-state index contributed by atoms with van der Waals surface area (Å²) in [6.45, 7) is 8.55. The first-order valence-corrected chi connectivity index (χ1v) is 5.62. The van der Waals surface area contributed by atoms with Crippen molar-refractivity contribution >= 4 is 0 Å². The molecule has 0 atom stereocenters. The fourth-order valence-electron chi connectivity index (χ4n) is 1.76. The van der Waals surface area contributed by atoms with Gasteiger partial charge in [0, 0.05) is 12.1 Å². The van der Waals surface area contributed by atoms with E-state index in [2.05, 4.69) is 33.2 Å². The third-order valence-corrected chi connectivity index (χ3v) is 2.73. The van der Waals surface area contributed by atoms with Gasteiger partial charge in [0.2, 0.25) is 0 Å². The van der Waals surface area contributed by atoms with Gasteiger partial charge < -0.3 is 10.3 Å². The highest BCUT2D eigenvalue weighted by Crippen LogP contribution is 2.34. The van der Waals surface area contributed by atoms with E-state index >= 15 is 0 Å². The van der Waals surface area contributed by atoms with Gasteiger partial charge in [0.15, 0.2) is 0 Å². The third-order valence-electron chi connectivity index (χ3n) is 2.73. The SMILES string of the molecule is CCc1cc(CNO)c(O)c(C(C)(C)C)c1. The molecule has 16 heavy (non-hydrogen) atoms. The van der Waals surface area contributed by atoms with Crippen molar-refractivity contribution in [3.05, 3.63) is 28.8 Å². The van der Waals surface area contributed by atoms with Crippen LogP contribution in [-0.2, 0) is 18.4 Å². The molecule has 0 spiro atoms. The largest absolute Gasteiger partial charge is 0.507 e. The zero-order chi connectivity index (χ0) is 12.3. The Kier molecular flexibility index (Phi) is 3.94. The van der Waals surface area contributed by atoms with Gasteiger partial charge in [-0.2, -0.15) is 0 Å². The number of phenols is 1. The number of hydroxylamine groups is 1. The van der Waals surface area contributed by atoms with E-state index in [0.29, 0.717) is 0 Å². The van der Waals surface area contributed by atoms with Crippen LogP contribution in [0.4, 0.5) is 0 Å². The summed E-state index contributed by atoms with van der Waals surface area (Å²) in [5.41, 5.74) is 4.84. The van der Waals surface area contributed by atoms with Gasteiger partial charge in [-0.25, -0.2) is 5.48 Å². The second kappa shape index (κ2) is 4.85. The van der Waals surface area contributed by atoms with Gasteiger partial charge in [-0.1, -0.05) is 39.8 Å². The molecular weight excluding hydrogens is 202 g/mol. The van der Waals surface area contributed by atoms with Crippen LogP contribution in [0.15, 0.2) is 12.1 Å². The summed E-state index contributed by atoms with van der Waals surface area (Å²) in [4.78, 5) is 0. The Bertz CT molecular complexity index is 367. The van der Waals surface area contributed by atoms with Crippen molar-refractivity contribution in [2.75, 3.05) is 0 Å². The third kappa shape index (κ3) is 2.74. The molecule has 0 amide bonds. The lowest BCUT2D eigenvalue weighted by atomic mass is 9.83. The van der Waals surface area contributed by atoms with Gasteiger partial charge in [-0.15, -0.1) is 0 Å². The highest BCUT2D eigenvalue weighted by atomic mass is 16.5. The lowest BCUT2D eigenvalue weighted by Gasteiger charge is -2.23. The van der Waals surface area contributed by atoms with Crippen LogP contribution in [0.5, 0.6) is 5.75 Å². The second-order valence-electron chi connectivity index (χ2n) is 5.09. The molecule has 0 aliphatic rings. The molecule has 0 fully saturated rings. The number of nitrogens with one attached hydrogen (secondary N) is 1. The molecule has 3 N–H and O–H groups in total. The maximum Gasteiger partial charge on any atom is 0.123 e. The van der Waals surface area contributed by atoms with E-state index < -0.39 is 0 Å². The summed E-state index contributed by atoms with van der Waals surface area (Å²) in [5, 5.41) is 18.9. The maximum atomic E-state index is 10.1. The van der Waals surface area contributed by atoms with Gasteiger partial charge in [0.1, 0.15) is 5.75 Å². The normalized spacial score (nSPS) is 11.8. The van der Waals surface area contributed by atoms with Crippen molar-refractivity contribution in [2.45, 2.75) is 46.1 Å². The van der Waals surface area contributed by atoms with Crippen LogP contribution in [0.25, 0.3) is 0 Å². The number of aryl methyl sites for hydroxylation is 1. The lowest BCUT2D eigenvalue weighted by Crippen LogP contribution is -2.14. The van der Waals surface area contributed by atoms with Crippen molar-refractivity contribution in [3.63, 3.8) is 0 Å². The first-order valence-electron chi connectivity index (χ1n) is 5.62. The summed E-state index contributed by atoms with van der Waals surface area (Å²) >= 11 is 0. The minimum atomic E-state index is -0.0977. The van der Waals surface area contributed by atoms with E-state index in [9.17, 15) is 5.11 Å². The molecule has 1 aromatic carbocycles. The summed E-state index contributed by atoms with van der Waals surface area (Å²) in [7, 11) is 0. The predicted octanol–water partition coefficient (Wildman–Crippen LogP) is 2.73. The van der Waals surface area contributed by atoms with Crippen LogP contribution in [-0.4, -0.2) is 10.3 Å². The minimum absolute atomic E-state index is 0.0977. The molecule has 0 unspecified atom stereocenters.